The van der Waals surface area contributed by atoms with E-state index in [1.165, 1.54) is 4.90 Å². The van der Waals surface area contributed by atoms with Crippen molar-refractivity contribution in [2.75, 3.05) is 25.6 Å². The van der Waals surface area contributed by atoms with Crippen molar-refractivity contribution in [2.24, 2.45) is 0 Å². The molecule has 2 aromatic rings. The molecule has 0 aromatic heterocycles. The summed E-state index contributed by atoms with van der Waals surface area (Å²) in [5.74, 6) is 0.605. The number of hydrogen-bond donors (Lipinski definition) is 0. The second-order valence-electron chi connectivity index (χ2n) is 5.63. The van der Waals surface area contributed by atoms with Crippen molar-refractivity contribution in [2.45, 2.75) is 6.54 Å². The second kappa shape index (κ2) is 6.12. The van der Waals surface area contributed by atoms with Crippen molar-refractivity contribution in [3.8, 4) is 5.75 Å². The van der Waals surface area contributed by atoms with Gasteiger partial charge in [-0.15, -0.1) is 0 Å². The SMILES string of the molecule is CN(C)C(=O)c1ccc(CN2C(=O)COc3ccccc32)cc1. The van der Waals surface area contributed by atoms with Crippen LogP contribution in [-0.2, 0) is 11.3 Å². The number of anilines is 1. The summed E-state index contributed by atoms with van der Waals surface area (Å²) in [6.07, 6.45) is 0. The van der Waals surface area contributed by atoms with Crippen LogP contribution < -0.4 is 9.64 Å². The highest BCUT2D eigenvalue weighted by molar-refractivity contribution is 5.97. The molecule has 23 heavy (non-hydrogen) atoms. The van der Waals surface area contributed by atoms with Crippen molar-refractivity contribution in [1.29, 1.82) is 0 Å². The molecule has 5 heteroatoms. The number of ether oxygens (including phenoxy) is 1. The molecule has 0 radical (unpaired) electrons. The van der Waals surface area contributed by atoms with Crippen LogP contribution in [0.15, 0.2) is 48.5 Å². The van der Waals surface area contributed by atoms with Gasteiger partial charge < -0.3 is 14.5 Å². The van der Waals surface area contributed by atoms with Crippen molar-refractivity contribution >= 4 is 17.5 Å². The van der Waals surface area contributed by atoms with Gasteiger partial charge in [0.05, 0.1) is 12.2 Å². The van der Waals surface area contributed by atoms with E-state index in [0.717, 1.165) is 11.3 Å². The Morgan fingerprint density at radius 2 is 1.83 bits per heavy atom. The van der Waals surface area contributed by atoms with Gasteiger partial charge in [-0.3, -0.25) is 9.59 Å². The normalized spacial score (nSPS) is 13.3. The quantitative estimate of drug-likeness (QED) is 0.874. The van der Waals surface area contributed by atoms with Gasteiger partial charge in [0.15, 0.2) is 6.61 Å². The van der Waals surface area contributed by atoms with E-state index in [0.29, 0.717) is 17.9 Å². The molecule has 0 aliphatic carbocycles. The van der Waals surface area contributed by atoms with E-state index in [9.17, 15) is 9.59 Å². The Morgan fingerprint density at radius 1 is 1.13 bits per heavy atom. The molecule has 0 saturated heterocycles. The fourth-order valence-corrected chi connectivity index (χ4v) is 2.52. The molecule has 1 aliphatic heterocycles. The minimum atomic E-state index is -0.0721. The van der Waals surface area contributed by atoms with Crippen LogP contribution in [0.2, 0.25) is 0 Å². The largest absolute Gasteiger partial charge is 0.482 e. The highest BCUT2D eigenvalue weighted by atomic mass is 16.5. The Labute approximate surface area is 135 Å². The highest BCUT2D eigenvalue weighted by Crippen LogP contribution is 2.32. The average molecular weight is 310 g/mol. The topological polar surface area (TPSA) is 49.9 Å². The first-order valence-electron chi connectivity index (χ1n) is 7.39. The number of benzene rings is 2. The molecule has 0 fully saturated rings. The number of carbonyl (C=O) groups excluding carboxylic acids is 2. The molecule has 0 atom stereocenters. The van der Waals surface area contributed by atoms with Crippen LogP contribution in [0.25, 0.3) is 0 Å². The van der Waals surface area contributed by atoms with Crippen molar-refractivity contribution in [1.82, 2.24) is 4.90 Å². The number of hydrogen-bond acceptors (Lipinski definition) is 3. The summed E-state index contributed by atoms with van der Waals surface area (Å²) >= 11 is 0. The molecule has 0 N–H and O–H groups in total. The molecule has 3 rings (SSSR count). The van der Waals surface area contributed by atoms with Crippen molar-refractivity contribution in [3.05, 3.63) is 59.7 Å². The summed E-state index contributed by atoms with van der Waals surface area (Å²) in [7, 11) is 3.44. The van der Waals surface area contributed by atoms with Gasteiger partial charge in [0, 0.05) is 19.7 Å². The number of amides is 2. The molecule has 1 heterocycles. The maximum Gasteiger partial charge on any atom is 0.265 e. The van der Waals surface area contributed by atoms with E-state index < -0.39 is 0 Å². The highest BCUT2D eigenvalue weighted by Gasteiger charge is 2.25. The van der Waals surface area contributed by atoms with Crippen LogP contribution in [0, 0.1) is 0 Å². The monoisotopic (exact) mass is 310 g/mol. The molecule has 2 amide bonds. The standard InChI is InChI=1S/C18H18N2O3/c1-19(2)18(22)14-9-7-13(8-10-14)11-20-15-5-3-4-6-16(15)23-12-17(20)21/h3-10H,11-12H2,1-2H3. The van der Waals surface area contributed by atoms with E-state index in [1.807, 2.05) is 36.4 Å². The summed E-state index contributed by atoms with van der Waals surface area (Å²) in [5, 5.41) is 0. The molecule has 0 unspecified atom stereocenters. The molecular weight excluding hydrogens is 292 g/mol. The summed E-state index contributed by atoms with van der Waals surface area (Å²) in [4.78, 5) is 27.3. The van der Waals surface area contributed by atoms with Crippen molar-refractivity contribution in [3.63, 3.8) is 0 Å². The summed E-state index contributed by atoms with van der Waals surface area (Å²) < 4.78 is 5.44. The minimum Gasteiger partial charge on any atom is -0.482 e. The Hall–Kier alpha value is -2.82. The first-order chi connectivity index (χ1) is 11.1. The zero-order valence-electron chi connectivity index (χ0n) is 13.2. The molecule has 0 bridgehead atoms. The van der Waals surface area contributed by atoms with Crippen LogP contribution in [-0.4, -0.2) is 37.4 Å². The van der Waals surface area contributed by atoms with Crippen LogP contribution in [0.4, 0.5) is 5.69 Å². The molecule has 1 aliphatic rings. The maximum atomic E-state index is 12.2. The van der Waals surface area contributed by atoms with Crippen molar-refractivity contribution < 1.29 is 14.3 Å². The van der Waals surface area contributed by atoms with Crippen LogP contribution >= 0.6 is 0 Å². The Bertz CT molecular complexity index is 738. The number of nitrogens with zero attached hydrogens (tertiary/aromatic N) is 2. The lowest BCUT2D eigenvalue weighted by atomic mass is 10.1. The minimum absolute atomic E-state index is 0.0376. The maximum absolute atomic E-state index is 12.2. The third-order valence-corrected chi connectivity index (χ3v) is 3.76. The average Bonchev–Trinajstić information content (AvgIpc) is 2.57. The zero-order valence-corrected chi connectivity index (χ0v) is 13.2. The third-order valence-electron chi connectivity index (χ3n) is 3.76. The van der Waals surface area contributed by atoms with Gasteiger partial charge in [0.2, 0.25) is 0 Å². The zero-order chi connectivity index (χ0) is 16.4. The summed E-state index contributed by atoms with van der Waals surface area (Å²) in [6, 6.07) is 14.8. The fraction of sp³-hybridized carbons (Fsp3) is 0.222. The molecule has 0 saturated carbocycles. The third kappa shape index (κ3) is 3.04. The molecule has 2 aromatic carbocycles. The van der Waals surface area contributed by atoms with Gasteiger partial charge in [-0.25, -0.2) is 0 Å². The van der Waals surface area contributed by atoms with Gasteiger partial charge in [-0.1, -0.05) is 24.3 Å². The van der Waals surface area contributed by atoms with Crippen LogP contribution in [0.5, 0.6) is 5.75 Å². The lowest BCUT2D eigenvalue weighted by Gasteiger charge is -2.29. The van der Waals surface area contributed by atoms with E-state index in [4.69, 9.17) is 4.74 Å². The van der Waals surface area contributed by atoms with Gasteiger partial charge in [-0.05, 0) is 29.8 Å². The Kier molecular flexibility index (Phi) is 4.02. The van der Waals surface area contributed by atoms with Gasteiger partial charge in [0.25, 0.3) is 11.8 Å². The van der Waals surface area contributed by atoms with Gasteiger partial charge in [-0.2, -0.15) is 0 Å². The predicted molar refractivity (Wildman–Crippen MR) is 87.6 cm³/mol. The number of para-hydroxylation sites is 2. The molecule has 5 nitrogen and oxygen atoms in total. The number of rotatable bonds is 3. The van der Waals surface area contributed by atoms with Crippen LogP contribution in [0.3, 0.4) is 0 Å². The lowest BCUT2D eigenvalue weighted by Crippen LogP contribution is -2.38. The molecule has 118 valence electrons. The van der Waals surface area contributed by atoms with E-state index in [-0.39, 0.29) is 18.4 Å². The summed E-state index contributed by atoms with van der Waals surface area (Å²) in [6.45, 7) is 0.504. The van der Waals surface area contributed by atoms with E-state index in [1.54, 1.807) is 31.1 Å². The summed E-state index contributed by atoms with van der Waals surface area (Å²) in [5.41, 5.74) is 2.37. The second-order valence-corrected chi connectivity index (χ2v) is 5.63. The van der Waals surface area contributed by atoms with Crippen LogP contribution in [0.1, 0.15) is 15.9 Å². The smallest absolute Gasteiger partial charge is 0.265 e. The lowest BCUT2D eigenvalue weighted by molar-refractivity contribution is -0.121. The first-order valence-corrected chi connectivity index (χ1v) is 7.39. The van der Waals surface area contributed by atoms with Gasteiger partial charge >= 0.3 is 0 Å². The Morgan fingerprint density at radius 3 is 2.52 bits per heavy atom. The fourth-order valence-electron chi connectivity index (χ4n) is 2.52. The van der Waals surface area contributed by atoms with E-state index >= 15 is 0 Å². The predicted octanol–water partition coefficient (Wildman–Crippen LogP) is 2.31. The number of fused-ring (bicyclic) bond motifs is 1. The number of carbonyl (C=O) groups is 2. The molecular formula is C18H18N2O3. The van der Waals surface area contributed by atoms with E-state index in [2.05, 4.69) is 0 Å². The van der Waals surface area contributed by atoms with Gasteiger partial charge in [0.1, 0.15) is 5.75 Å². The Balaban J connectivity index is 1.82. The molecule has 0 spiro atoms. The first kappa shape index (κ1) is 15.1.